The molecule has 1 saturated carbocycles. The Morgan fingerprint density at radius 1 is 0.270 bits per heavy atom. The van der Waals surface area contributed by atoms with E-state index in [-0.39, 0.29) is 5.78 Å². The summed E-state index contributed by atoms with van der Waals surface area (Å²) in [5, 5.41) is 79.3. The molecule has 0 heterocycles. The van der Waals surface area contributed by atoms with E-state index in [0.29, 0.717) is 0 Å². The van der Waals surface area contributed by atoms with Crippen LogP contribution in [0.2, 0.25) is 0 Å². The molecule has 2 spiro atoms. The third kappa shape index (κ3) is 1.56. The summed E-state index contributed by atoms with van der Waals surface area (Å²) in [6, 6.07) is 0. The molecule has 0 amide bonds. The number of Topliss-reactive ketones (excluding diaryl/α,β-unsaturated/α-hetero) is 1. The highest BCUT2D eigenvalue weighted by Gasteiger charge is 3.02. The van der Waals surface area contributed by atoms with Crippen molar-refractivity contribution in [1.82, 2.24) is 0 Å². The van der Waals surface area contributed by atoms with Gasteiger partial charge in [-0.2, -0.15) is 0 Å². The van der Waals surface area contributed by atoms with Gasteiger partial charge in [0, 0.05) is 0 Å². The maximum atomic E-state index is 18.0. The summed E-state index contributed by atoms with van der Waals surface area (Å²) in [6.45, 7) is 9.87. The van der Waals surface area contributed by atoms with Crippen LogP contribution in [0.15, 0.2) is 0 Å². The van der Waals surface area contributed by atoms with E-state index in [1.807, 2.05) is 34.6 Å². The van der Waals surface area contributed by atoms with Gasteiger partial charge in [-0.05, 0) is 348 Å². The maximum Gasteiger partial charge on any atom is 0.347 e. The van der Waals surface area contributed by atoms with Crippen molar-refractivity contribution in [3.8, 4) is 0 Å². The number of rotatable bonds is 6. The van der Waals surface area contributed by atoms with Gasteiger partial charge in [0.2, 0.25) is 0 Å². The summed E-state index contributed by atoms with van der Waals surface area (Å²) in [5.74, 6) is -0.0304. The molecule has 0 unspecified atom stereocenters. The van der Waals surface area contributed by atoms with Crippen LogP contribution in [0.1, 0.15) is 56.9 Å². The second kappa shape index (κ2) is 6.66. The largest absolute Gasteiger partial charge is 0.347 e. The molecule has 1 fully saturated rings. The first-order chi connectivity index (χ1) is 36.3. The van der Waals surface area contributed by atoms with Crippen LogP contribution < -0.4 is 0 Å². The summed E-state index contributed by atoms with van der Waals surface area (Å²) in [4.78, 5) is 16.9. The number of hydrogen-bond acceptors (Lipinski definition) is 4. The van der Waals surface area contributed by atoms with Crippen LogP contribution >= 0.6 is 7.60 Å². The Bertz CT molecular complexity index is 6890. The van der Waals surface area contributed by atoms with E-state index in [0.717, 1.165) is 0 Å². The molecule has 5 aliphatic carbocycles. The summed E-state index contributed by atoms with van der Waals surface area (Å²) in [7, 11) is -4.43. The van der Waals surface area contributed by atoms with Crippen molar-refractivity contribution < 1.29 is 18.4 Å². The van der Waals surface area contributed by atoms with Crippen LogP contribution in [0.4, 0.5) is 0 Å². The predicted molar refractivity (Wildman–Crippen MR) is 307 cm³/mol. The monoisotopic (exact) mass is 940 g/mol. The highest BCUT2D eigenvalue weighted by atomic mass is 31.2. The average Bonchev–Trinajstić information content (AvgIpc) is 1.93. The Morgan fingerprint density at radius 3 is 0.500 bits per heavy atom. The van der Waals surface area contributed by atoms with Crippen LogP contribution in [0.3, 0.4) is 0 Å². The number of ketones is 1. The topological polar surface area (TPSA) is 52.6 Å². The smallest absolute Gasteiger partial charge is 0.305 e. The van der Waals surface area contributed by atoms with Gasteiger partial charge < -0.3 is 9.05 Å². The van der Waals surface area contributed by atoms with Gasteiger partial charge in [0.05, 0.1) is 23.0 Å². The van der Waals surface area contributed by atoms with Crippen LogP contribution in [0.5, 0.6) is 0 Å². The molecule has 0 aliphatic heterocycles. The molecule has 74 heavy (non-hydrogen) atoms. The third-order valence-corrected chi connectivity index (χ3v) is 29.2. The summed E-state index contributed by atoms with van der Waals surface area (Å²) >= 11 is 0. The van der Waals surface area contributed by atoms with Crippen molar-refractivity contribution in [1.29, 1.82) is 0 Å². The Hall–Kier alpha value is -7.72. The van der Waals surface area contributed by atoms with Gasteiger partial charge in [-0.25, -0.2) is 0 Å². The molecule has 0 atom stereocenters. The molecule has 5 aliphatic rings. The normalized spacial score (nSPS) is 24.1. The van der Waals surface area contributed by atoms with Gasteiger partial charge in [-0.1, -0.05) is 0 Å². The molecule has 28 aromatic rings. The van der Waals surface area contributed by atoms with Gasteiger partial charge >= 0.3 is 7.60 Å². The fourth-order valence-electron chi connectivity index (χ4n) is 26.4. The van der Waals surface area contributed by atoms with E-state index in [9.17, 15) is 0 Å². The Labute approximate surface area is 405 Å². The second-order valence-corrected chi connectivity index (χ2v) is 29.4. The molecule has 0 bridgehead atoms. The number of hydrogen-bond donors (Lipinski definition) is 0. The minimum atomic E-state index is -4.43. The van der Waals surface area contributed by atoms with Crippen molar-refractivity contribution in [3.63, 3.8) is 0 Å². The maximum absolute atomic E-state index is 18.0. The second-order valence-electron chi connectivity index (χ2n) is 27.3. The van der Waals surface area contributed by atoms with Gasteiger partial charge in [-0.3, -0.25) is 9.36 Å². The van der Waals surface area contributed by atoms with E-state index in [4.69, 9.17) is 9.05 Å². The standard InChI is InChI=1S/C69H17O4P/c1-6(2)72-74(71,73-7(3)4)69(8(5)70)67-63-55-47-37-27-19-11-9-10-13-17-15(11)23-31-25(17)35-29-21(13)22-14(10)18-16-12(9)20(19)28-34-24(16)32-26(18)36-30(22)40-39(29)49-43(35)53-45(31)51(41(47)33(23)27)59(63)61(53)65-57(49)58-50(40)44(36)54-46(32)52-42(34)48(38(28)37)56(55)64(67)60(52)62(54)66(58)68(65,67)69/h6-7H,1-5H3. The van der Waals surface area contributed by atoms with E-state index < -0.39 is 35.8 Å². The first-order valence-corrected chi connectivity index (χ1v) is 29.0. The fourth-order valence-corrected chi connectivity index (χ4v) is 29.8. The molecule has 4 nitrogen and oxygen atoms in total. The molecule has 5 heteroatoms. The zero-order chi connectivity index (χ0) is 45.6. The molecule has 0 radical (unpaired) electrons. The highest BCUT2D eigenvalue weighted by Crippen LogP contribution is 3.00. The highest BCUT2D eigenvalue weighted by molar-refractivity contribution is 7.58. The lowest BCUT2D eigenvalue weighted by Crippen LogP contribution is -2.35. The molecule has 322 valence electrons. The molecule has 0 saturated heterocycles. The molecular weight excluding hydrogens is 924 g/mol. The Morgan fingerprint density at radius 2 is 0.392 bits per heavy atom. The predicted octanol–water partition coefficient (Wildman–Crippen LogP) is 18.7. The van der Waals surface area contributed by atoms with Crippen molar-refractivity contribution in [2.24, 2.45) is 0 Å². The van der Waals surface area contributed by atoms with E-state index in [1.54, 1.807) is 97.0 Å². The Kier molecular flexibility index (Phi) is 2.69. The molecule has 28 aromatic carbocycles. The molecule has 33 rings (SSSR count). The number of benzene rings is 18. The zero-order valence-electron chi connectivity index (χ0n) is 39.2. The van der Waals surface area contributed by atoms with E-state index in [2.05, 4.69) is 0 Å². The van der Waals surface area contributed by atoms with Crippen LogP contribution in [-0.4, -0.2) is 23.1 Å². The van der Waals surface area contributed by atoms with Crippen LogP contribution in [-0.2, 0) is 29.2 Å². The van der Waals surface area contributed by atoms with Gasteiger partial charge in [0.25, 0.3) is 0 Å². The SMILES string of the molecule is CC(=O)C1(P(=O)(OC(C)C)OC(C)C)C23c4c5c6c7c8c9c(c%10c%11c2c2c4c4c%12c5c5c6c6c8c8c%13c9c9c%10c%10c%11c%11c2c2c4c4c%12c%12c5c5c6c8c6c8c%13c9c9c%10c%10c%11c2c2c4c4c%12c5c6c5c8c9c%10c2c45)C731. The lowest BCUT2D eigenvalue weighted by atomic mass is 9.68. The minimum Gasteiger partial charge on any atom is -0.305 e. The lowest BCUT2D eigenvalue weighted by molar-refractivity contribution is -0.118. The summed E-state index contributed by atoms with van der Waals surface area (Å²) in [5.41, 5.74) is 3.25. The van der Waals surface area contributed by atoms with Crippen molar-refractivity contribution in [2.45, 2.75) is 62.8 Å². The van der Waals surface area contributed by atoms with E-state index >= 15 is 9.36 Å². The van der Waals surface area contributed by atoms with Crippen molar-refractivity contribution in [2.75, 3.05) is 0 Å². The lowest BCUT2D eigenvalue weighted by Gasteiger charge is -2.32. The number of carbonyl (C=O) groups is 1. The van der Waals surface area contributed by atoms with Gasteiger partial charge in [0.15, 0.2) is 10.9 Å². The zero-order valence-corrected chi connectivity index (χ0v) is 40.1. The minimum absolute atomic E-state index is 0.0304. The molecule has 0 aromatic heterocycles. The quantitative estimate of drug-likeness (QED) is 0.123. The Balaban J connectivity index is 1.15. The average molecular weight is 941 g/mol. The number of carbonyl (C=O) groups excluding carboxylic acids is 1. The van der Waals surface area contributed by atoms with Crippen molar-refractivity contribution >= 4 is 304 Å². The van der Waals surface area contributed by atoms with Crippen molar-refractivity contribution in [3.05, 3.63) is 22.3 Å². The van der Waals surface area contributed by atoms with Gasteiger partial charge in [0.1, 0.15) is 0 Å². The van der Waals surface area contributed by atoms with Crippen LogP contribution in [0, 0.1) is 0 Å². The first kappa shape index (κ1) is 29.8. The first-order valence-electron chi connectivity index (χ1n) is 27.5. The summed E-state index contributed by atoms with van der Waals surface area (Å²) < 4.78 is 32.6. The van der Waals surface area contributed by atoms with Crippen LogP contribution in [0.25, 0.3) is 291 Å². The molecular formula is C69H17O4P. The van der Waals surface area contributed by atoms with E-state index in [1.165, 1.54) is 216 Å². The summed E-state index contributed by atoms with van der Waals surface area (Å²) in [6.07, 6.45) is -0.878. The molecule has 0 N–H and O–H groups in total. The fraction of sp³-hybridized carbons (Fsp3) is 0.145. The van der Waals surface area contributed by atoms with Gasteiger partial charge in [-0.15, -0.1) is 0 Å². The third-order valence-electron chi connectivity index (χ3n) is 26.0.